The molecule has 0 unspecified atom stereocenters. The van der Waals surface area contributed by atoms with E-state index in [1.165, 1.54) is 18.2 Å². The van der Waals surface area contributed by atoms with E-state index >= 15 is 0 Å². The molecule has 0 aliphatic heterocycles. The van der Waals surface area contributed by atoms with E-state index in [1.54, 1.807) is 0 Å². The van der Waals surface area contributed by atoms with Crippen LogP contribution < -0.4 is 0 Å². The molecule has 0 saturated carbocycles. The zero-order chi connectivity index (χ0) is 14.0. The standard InChI is InChI=1S/C12H7F3N2O2/c13-12(14,15)9-3-1-7(2-4-9)10-5-8(11(18)19)6-16-17-10/h1-6H,(H,18,19). The average molecular weight is 268 g/mol. The molecule has 0 bridgehead atoms. The Bertz CT molecular complexity index is 609. The van der Waals surface area contributed by atoms with Gasteiger partial charge in [-0.3, -0.25) is 0 Å². The Hall–Kier alpha value is -2.44. The highest BCUT2D eigenvalue weighted by Crippen LogP contribution is 2.30. The largest absolute Gasteiger partial charge is 0.478 e. The van der Waals surface area contributed by atoms with Gasteiger partial charge in [0.25, 0.3) is 0 Å². The molecule has 0 amide bonds. The van der Waals surface area contributed by atoms with Gasteiger partial charge in [0.05, 0.1) is 23.0 Å². The van der Waals surface area contributed by atoms with Gasteiger partial charge in [0, 0.05) is 5.56 Å². The third-order valence-electron chi connectivity index (χ3n) is 2.41. The van der Waals surface area contributed by atoms with Crippen molar-refractivity contribution in [1.82, 2.24) is 10.2 Å². The number of carboxylic acids is 1. The molecule has 98 valence electrons. The summed E-state index contributed by atoms with van der Waals surface area (Å²) in [6.07, 6.45) is -3.34. The minimum atomic E-state index is -4.41. The summed E-state index contributed by atoms with van der Waals surface area (Å²) in [6.45, 7) is 0. The van der Waals surface area contributed by atoms with Crippen molar-refractivity contribution in [3.05, 3.63) is 47.7 Å². The summed E-state index contributed by atoms with van der Waals surface area (Å²) < 4.78 is 37.2. The van der Waals surface area contributed by atoms with E-state index in [2.05, 4.69) is 10.2 Å². The molecule has 1 heterocycles. The van der Waals surface area contributed by atoms with Crippen LogP contribution in [0.1, 0.15) is 15.9 Å². The molecular weight excluding hydrogens is 261 g/mol. The first kappa shape index (κ1) is 13.0. The van der Waals surface area contributed by atoms with Crippen LogP contribution in [-0.4, -0.2) is 21.3 Å². The van der Waals surface area contributed by atoms with Crippen LogP contribution in [-0.2, 0) is 6.18 Å². The van der Waals surface area contributed by atoms with E-state index in [0.29, 0.717) is 5.56 Å². The molecule has 0 fully saturated rings. The van der Waals surface area contributed by atoms with Gasteiger partial charge in [-0.15, -0.1) is 0 Å². The van der Waals surface area contributed by atoms with Crippen molar-refractivity contribution in [2.24, 2.45) is 0 Å². The molecule has 2 rings (SSSR count). The van der Waals surface area contributed by atoms with E-state index in [1.807, 2.05) is 0 Å². The Kier molecular flexibility index (Phi) is 3.20. The number of hydrogen-bond donors (Lipinski definition) is 1. The van der Waals surface area contributed by atoms with Crippen molar-refractivity contribution < 1.29 is 23.1 Å². The zero-order valence-electron chi connectivity index (χ0n) is 9.35. The Morgan fingerprint density at radius 3 is 2.32 bits per heavy atom. The highest BCUT2D eigenvalue weighted by Gasteiger charge is 2.30. The molecule has 1 aromatic heterocycles. The van der Waals surface area contributed by atoms with Crippen molar-refractivity contribution in [2.75, 3.05) is 0 Å². The lowest BCUT2D eigenvalue weighted by Gasteiger charge is -2.07. The molecule has 0 saturated heterocycles. The molecule has 4 nitrogen and oxygen atoms in total. The quantitative estimate of drug-likeness (QED) is 0.909. The number of carboxylic acid groups (broad SMARTS) is 1. The minimum Gasteiger partial charge on any atom is -0.478 e. The average Bonchev–Trinajstić information content (AvgIpc) is 2.38. The van der Waals surface area contributed by atoms with Gasteiger partial charge in [-0.1, -0.05) is 12.1 Å². The molecule has 0 aliphatic carbocycles. The Labute approximate surface area is 105 Å². The molecule has 0 radical (unpaired) electrons. The maximum absolute atomic E-state index is 12.4. The van der Waals surface area contributed by atoms with Gasteiger partial charge in [-0.25, -0.2) is 4.79 Å². The number of rotatable bonds is 2. The highest BCUT2D eigenvalue weighted by molar-refractivity contribution is 5.88. The molecule has 19 heavy (non-hydrogen) atoms. The SMILES string of the molecule is O=C(O)c1cnnc(-c2ccc(C(F)(F)F)cc2)c1. The van der Waals surface area contributed by atoms with Crippen LogP contribution in [0.15, 0.2) is 36.5 Å². The molecule has 0 atom stereocenters. The maximum atomic E-state index is 12.4. The van der Waals surface area contributed by atoms with E-state index in [-0.39, 0.29) is 11.3 Å². The Morgan fingerprint density at radius 2 is 1.79 bits per heavy atom. The number of halogens is 3. The van der Waals surface area contributed by atoms with Crippen molar-refractivity contribution >= 4 is 5.97 Å². The lowest BCUT2D eigenvalue weighted by atomic mass is 10.1. The second kappa shape index (κ2) is 4.68. The second-order valence-corrected chi connectivity index (χ2v) is 3.71. The van der Waals surface area contributed by atoms with Crippen molar-refractivity contribution in [3.63, 3.8) is 0 Å². The first-order valence-electron chi connectivity index (χ1n) is 5.11. The number of nitrogens with zero attached hydrogens (tertiary/aromatic N) is 2. The van der Waals surface area contributed by atoms with Crippen LogP contribution in [0.4, 0.5) is 13.2 Å². The smallest absolute Gasteiger partial charge is 0.416 e. The van der Waals surface area contributed by atoms with E-state index in [9.17, 15) is 18.0 Å². The first-order chi connectivity index (χ1) is 8.88. The number of aromatic nitrogens is 2. The summed E-state index contributed by atoms with van der Waals surface area (Å²) in [5, 5.41) is 16.0. The van der Waals surface area contributed by atoms with Crippen molar-refractivity contribution in [2.45, 2.75) is 6.18 Å². The third kappa shape index (κ3) is 2.87. The fourth-order valence-corrected chi connectivity index (χ4v) is 1.45. The van der Waals surface area contributed by atoms with E-state index < -0.39 is 17.7 Å². The van der Waals surface area contributed by atoms with Crippen LogP contribution in [0.5, 0.6) is 0 Å². The molecule has 0 spiro atoms. The zero-order valence-corrected chi connectivity index (χ0v) is 9.35. The summed E-state index contributed by atoms with van der Waals surface area (Å²) in [5.41, 5.74) is -0.291. The number of alkyl halides is 3. The second-order valence-electron chi connectivity index (χ2n) is 3.71. The molecule has 1 aromatic carbocycles. The summed E-state index contributed by atoms with van der Waals surface area (Å²) in [4.78, 5) is 10.8. The van der Waals surface area contributed by atoms with Crippen LogP contribution >= 0.6 is 0 Å². The summed E-state index contributed by atoms with van der Waals surface area (Å²) in [5.74, 6) is -1.18. The first-order valence-corrected chi connectivity index (χ1v) is 5.11. The van der Waals surface area contributed by atoms with Crippen LogP contribution in [0.3, 0.4) is 0 Å². The topological polar surface area (TPSA) is 63.1 Å². The number of aromatic carboxylic acids is 1. The summed E-state index contributed by atoms with van der Waals surface area (Å²) in [6, 6.07) is 5.50. The summed E-state index contributed by atoms with van der Waals surface area (Å²) in [7, 11) is 0. The molecule has 0 aliphatic rings. The van der Waals surface area contributed by atoms with Crippen LogP contribution in [0, 0.1) is 0 Å². The third-order valence-corrected chi connectivity index (χ3v) is 2.41. The molecule has 2 aromatic rings. The van der Waals surface area contributed by atoms with Crippen molar-refractivity contribution in [1.29, 1.82) is 0 Å². The Morgan fingerprint density at radius 1 is 1.16 bits per heavy atom. The van der Waals surface area contributed by atoms with Gasteiger partial charge in [0.1, 0.15) is 0 Å². The number of hydrogen-bond acceptors (Lipinski definition) is 3. The molecule has 1 N–H and O–H groups in total. The summed E-state index contributed by atoms with van der Waals surface area (Å²) >= 11 is 0. The van der Waals surface area contributed by atoms with Gasteiger partial charge in [-0.2, -0.15) is 23.4 Å². The Balaban J connectivity index is 2.37. The number of benzene rings is 1. The van der Waals surface area contributed by atoms with Gasteiger partial charge >= 0.3 is 12.1 Å². The monoisotopic (exact) mass is 268 g/mol. The van der Waals surface area contributed by atoms with Crippen LogP contribution in [0.25, 0.3) is 11.3 Å². The molecular formula is C12H7F3N2O2. The van der Waals surface area contributed by atoms with E-state index in [0.717, 1.165) is 18.3 Å². The normalized spacial score (nSPS) is 11.3. The highest BCUT2D eigenvalue weighted by atomic mass is 19.4. The van der Waals surface area contributed by atoms with Crippen LogP contribution in [0.2, 0.25) is 0 Å². The predicted molar refractivity (Wildman–Crippen MR) is 59.4 cm³/mol. The predicted octanol–water partition coefficient (Wildman–Crippen LogP) is 2.86. The maximum Gasteiger partial charge on any atom is 0.416 e. The minimum absolute atomic E-state index is 0.0788. The van der Waals surface area contributed by atoms with Gasteiger partial charge in [0.2, 0.25) is 0 Å². The van der Waals surface area contributed by atoms with Crippen molar-refractivity contribution in [3.8, 4) is 11.3 Å². The lowest BCUT2D eigenvalue weighted by Crippen LogP contribution is -2.04. The van der Waals surface area contributed by atoms with Gasteiger partial charge < -0.3 is 5.11 Å². The number of carbonyl (C=O) groups is 1. The lowest BCUT2D eigenvalue weighted by molar-refractivity contribution is -0.137. The fraction of sp³-hybridized carbons (Fsp3) is 0.0833. The molecule has 7 heteroatoms. The van der Waals surface area contributed by atoms with Gasteiger partial charge in [-0.05, 0) is 18.2 Å². The fourth-order valence-electron chi connectivity index (χ4n) is 1.45. The van der Waals surface area contributed by atoms with E-state index in [4.69, 9.17) is 5.11 Å². The van der Waals surface area contributed by atoms with Gasteiger partial charge in [0.15, 0.2) is 0 Å².